The van der Waals surface area contributed by atoms with Crippen LogP contribution in [-0.2, 0) is 6.54 Å². The monoisotopic (exact) mass is 424 g/mol. The van der Waals surface area contributed by atoms with Crippen molar-refractivity contribution in [1.29, 1.82) is 5.26 Å². The third-order valence-electron chi connectivity index (χ3n) is 4.89. The SMILES string of the molecule is CC/C(C)=C/N/C=C(\C)CN1CCN(Sc2cccs2)Cc2cc(C#N)ccc21. The Morgan fingerprint density at radius 3 is 2.79 bits per heavy atom. The van der Waals surface area contributed by atoms with Crippen LogP contribution in [0, 0.1) is 11.3 Å². The van der Waals surface area contributed by atoms with Gasteiger partial charge in [-0.1, -0.05) is 18.6 Å². The first-order valence-corrected chi connectivity index (χ1v) is 11.6. The van der Waals surface area contributed by atoms with Crippen LogP contribution < -0.4 is 10.2 Å². The van der Waals surface area contributed by atoms with Gasteiger partial charge in [0.25, 0.3) is 0 Å². The number of hydrogen-bond donors (Lipinski definition) is 1. The second-order valence-electron chi connectivity index (χ2n) is 7.27. The van der Waals surface area contributed by atoms with Crippen molar-refractivity contribution < 1.29 is 0 Å². The van der Waals surface area contributed by atoms with Gasteiger partial charge in [-0.05, 0) is 79.2 Å². The Labute approximate surface area is 182 Å². The average molecular weight is 425 g/mol. The third kappa shape index (κ3) is 6.14. The summed E-state index contributed by atoms with van der Waals surface area (Å²) in [6.45, 7) is 10.1. The number of allylic oxidation sites excluding steroid dienone is 1. The molecule has 6 heteroatoms. The van der Waals surface area contributed by atoms with Crippen molar-refractivity contribution in [3.05, 3.63) is 70.4 Å². The van der Waals surface area contributed by atoms with Gasteiger partial charge in [0.05, 0.1) is 15.8 Å². The van der Waals surface area contributed by atoms with Crippen molar-refractivity contribution in [2.75, 3.05) is 24.5 Å². The smallest absolute Gasteiger partial charge is 0.0991 e. The highest BCUT2D eigenvalue weighted by Gasteiger charge is 2.21. The summed E-state index contributed by atoms with van der Waals surface area (Å²) >= 11 is 3.58. The van der Waals surface area contributed by atoms with Crippen LogP contribution in [0.15, 0.2) is 63.5 Å². The van der Waals surface area contributed by atoms with Crippen molar-refractivity contribution in [3.63, 3.8) is 0 Å². The minimum Gasteiger partial charge on any atom is -0.368 e. The van der Waals surface area contributed by atoms with E-state index >= 15 is 0 Å². The molecule has 29 heavy (non-hydrogen) atoms. The summed E-state index contributed by atoms with van der Waals surface area (Å²) in [6, 6.07) is 12.6. The van der Waals surface area contributed by atoms with E-state index in [1.54, 1.807) is 11.3 Å². The number of nitrogens with zero attached hydrogens (tertiary/aromatic N) is 3. The van der Waals surface area contributed by atoms with E-state index in [0.717, 1.165) is 38.2 Å². The summed E-state index contributed by atoms with van der Waals surface area (Å²) in [7, 11) is 0. The largest absolute Gasteiger partial charge is 0.368 e. The van der Waals surface area contributed by atoms with Crippen molar-refractivity contribution in [1.82, 2.24) is 9.62 Å². The van der Waals surface area contributed by atoms with E-state index in [2.05, 4.69) is 77.3 Å². The van der Waals surface area contributed by atoms with Gasteiger partial charge in [-0.3, -0.25) is 0 Å². The standard InChI is InChI=1S/C23H28N4S2/c1-4-18(2)14-25-15-19(3)16-26-9-10-27(29-23-6-5-11-28-23)17-21-12-20(13-24)7-8-22(21)26/h5-8,11-12,14-15,25H,4,9-10,16-17H2,1-3H3/b18-14+,19-15+. The molecule has 0 unspecified atom stereocenters. The van der Waals surface area contributed by atoms with Gasteiger partial charge in [-0.2, -0.15) is 5.26 Å². The number of thiophene rings is 1. The van der Waals surface area contributed by atoms with Crippen LogP contribution in [0.4, 0.5) is 5.69 Å². The van der Waals surface area contributed by atoms with Gasteiger partial charge in [0.1, 0.15) is 0 Å². The minimum atomic E-state index is 0.723. The Hall–Kier alpha value is -2.20. The molecule has 0 atom stereocenters. The first-order valence-electron chi connectivity index (χ1n) is 9.90. The van der Waals surface area contributed by atoms with Gasteiger partial charge in [0.2, 0.25) is 0 Å². The molecule has 0 saturated carbocycles. The molecule has 4 nitrogen and oxygen atoms in total. The van der Waals surface area contributed by atoms with Crippen LogP contribution in [0.25, 0.3) is 0 Å². The first kappa shape index (κ1) is 21.5. The summed E-state index contributed by atoms with van der Waals surface area (Å²) < 4.78 is 3.70. The van der Waals surface area contributed by atoms with E-state index in [-0.39, 0.29) is 0 Å². The number of anilines is 1. The molecular weight excluding hydrogens is 396 g/mol. The normalized spacial score (nSPS) is 15.6. The number of nitriles is 1. The van der Waals surface area contributed by atoms with Crippen LogP contribution in [0.1, 0.15) is 38.3 Å². The molecule has 2 heterocycles. The van der Waals surface area contributed by atoms with E-state index in [4.69, 9.17) is 0 Å². The number of benzene rings is 1. The lowest BCUT2D eigenvalue weighted by Gasteiger charge is -2.25. The zero-order valence-corrected chi connectivity index (χ0v) is 18.9. The number of nitrogens with one attached hydrogen (secondary N) is 1. The van der Waals surface area contributed by atoms with Gasteiger partial charge in [-0.25, -0.2) is 4.31 Å². The first-order chi connectivity index (χ1) is 14.1. The molecule has 0 amide bonds. The van der Waals surface area contributed by atoms with E-state index in [0.29, 0.717) is 0 Å². The van der Waals surface area contributed by atoms with Gasteiger partial charge >= 0.3 is 0 Å². The summed E-state index contributed by atoms with van der Waals surface area (Å²) in [5.41, 5.74) is 5.78. The molecular formula is C23H28N4S2. The van der Waals surface area contributed by atoms with Gasteiger partial charge in [0.15, 0.2) is 0 Å². The molecule has 1 aliphatic heterocycles. The van der Waals surface area contributed by atoms with E-state index < -0.39 is 0 Å². The Balaban J connectivity index is 1.78. The molecule has 0 bridgehead atoms. The molecule has 0 aliphatic carbocycles. The maximum atomic E-state index is 9.35. The zero-order chi connectivity index (χ0) is 20.6. The Bertz CT molecular complexity index is 909. The lowest BCUT2D eigenvalue weighted by Crippen LogP contribution is -2.30. The zero-order valence-electron chi connectivity index (χ0n) is 17.3. The fourth-order valence-corrected chi connectivity index (χ4v) is 5.05. The van der Waals surface area contributed by atoms with E-state index in [1.807, 2.05) is 24.1 Å². The fraction of sp³-hybridized carbons (Fsp3) is 0.348. The molecule has 3 rings (SSSR count). The highest BCUT2D eigenvalue weighted by Crippen LogP contribution is 2.33. The Kier molecular flexibility index (Phi) is 7.82. The predicted octanol–water partition coefficient (Wildman–Crippen LogP) is 5.76. The molecule has 1 aliphatic rings. The summed E-state index contributed by atoms with van der Waals surface area (Å²) in [4.78, 5) is 2.43. The minimum absolute atomic E-state index is 0.723. The summed E-state index contributed by atoms with van der Waals surface area (Å²) in [6.07, 6.45) is 5.21. The van der Waals surface area contributed by atoms with Gasteiger partial charge in [-0.15, -0.1) is 11.3 Å². The Morgan fingerprint density at radius 2 is 2.07 bits per heavy atom. The molecule has 1 N–H and O–H groups in total. The Morgan fingerprint density at radius 1 is 1.24 bits per heavy atom. The maximum absolute atomic E-state index is 9.35. The van der Waals surface area contributed by atoms with Crippen LogP contribution in [0.5, 0.6) is 0 Å². The van der Waals surface area contributed by atoms with Gasteiger partial charge in [0, 0.05) is 38.1 Å². The molecule has 2 aromatic rings. The number of rotatable bonds is 7. The molecule has 0 saturated heterocycles. The van der Waals surface area contributed by atoms with E-state index in [9.17, 15) is 5.26 Å². The molecule has 0 fully saturated rings. The number of hydrogen-bond acceptors (Lipinski definition) is 6. The van der Waals surface area contributed by atoms with Gasteiger partial charge < -0.3 is 10.2 Å². The second-order valence-corrected chi connectivity index (χ2v) is 9.61. The van der Waals surface area contributed by atoms with Crippen LogP contribution in [-0.4, -0.2) is 23.9 Å². The molecule has 1 aromatic heterocycles. The fourth-order valence-electron chi connectivity index (χ4n) is 3.17. The van der Waals surface area contributed by atoms with Crippen molar-refractivity contribution in [3.8, 4) is 6.07 Å². The van der Waals surface area contributed by atoms with Crippen molar-refractivity contribution in [2.45, 2.75) is 37.9 Å². The second kappa shape index (κ2) is 10.5. The number of fused-ring (bicyclic) bond motifs is 1. The topological polar surface area (TPSA) is 42.3 Å². The predicted molar refractivity (Wildman–Crippen MR) is 125 cm³/mol. The highest BCUT2D eigenvalue weighted by molar-refractivity contribution is 7.98. The van der Waals surface area contributed by atoms with Crippen LogP contribution in [0.2, 0.25) is 0 Å². The highest BCUT2D eigenvalue weighted by atomic mass is 32.2. The molecule has 152 valence electrons. The lowest BCUT2D eigenvalue weighted by molar-refractivity contribution is 0.485. The van der Waals surface area contributed by atoms with Crippen LogP contribution >= 0.6 is 23.3 Å². The quantitative estimate of drug-likeness (QED) is 0.573. The molecule has 0 spiro atoms. The van der Waals surface area contributed by atoms with Crippen molar-refractivity contribution in [2.24, 2.45) is 0 Å². The maximum Gasteiger partial charge on any atom is 0.0991 e. The third-order valence-corrected chi connectivity index (χ3v) is 6.95. The molecule has 1 aromatic carbocycles. The summed E-state index contributed by atoms with van der Waals surface area (Å²) in [5.74, 6) is 0. The average Bonchev–Trinajstić information content (AvgIpc) is 3.17. The van der Waals surface area contributed by atoms with E-state index in [1.165, 1.54) is 26.6 Å². The van der Waals surface area contributed by atoms with Crippen LogP contribution in [0.3, 0.4) is 0 Å². The van der Waals surface area contributed by atoms with Crippen molar-refractivity contribution >= 4 is 29.0 Å². The molecule has 0 radical (unpaired) electrons. The lowest BCUT2D eigenvalue weighted by atomic mass is 10.1. The summed E-state index contributed by atoms with van der Waals surface area (Å²) in [5, 5.41) is 14.8.